The molecule has 0 atom stereocenters. The number of ether oxygens (including phenoxy) is 1. The minimum Gasteiger partial charge on any atom is -0.378 e. The van der Waals surface area contributed by atoms with Gasteiger partial charge in [-0.2, -0.15) is 0 Å². The molecule has 0 spiro atoms. The van der Waals surface area contributed by atoms with Gasteiger partial charge in [-0.05, 0) is 47.2 Å². The predicted octanol–water partition coefficient (Wildman–Crippen LogP) is 2.44. The fraction of sp³-hybridized carbons (Fsp3) is 0.455. The molecule has 1 fully saturated rings. The first-order valence-corrected chi connectivity index (χ1v) is 5.94. The molecule has 0 radical (unpaired) electrons. The Morgan fingerprint density at radius 2 is 2.00 bits per heavy atom. The second-order valence-corrected chi connectivity index (χ2v) is 4.78. The molecule has 0 aromatic heterocycles. The second kappa shape index (κ2) is 4.49. The summed E-state index contributed by atoms with van der Waals surface area (Å²) in [7, 11) is 0. The maximum atomic E-state index is 5.35. The number of halogens is 1. The average Bonchev–Trinajstić information content (AvgIpc) is 2.23. The average molecular weight is 303 g/mol. The number of hydrogen-bond donors (Lipinski definition) is 0. The third-order valence-corrected chi connectivity index (χ3v) is 3.19. The molecule has 1 heterocycles. The van der Waals surface area contributed by atoms with E-state index in [0.29, 0.717) is 0 Å². The Hall–Kier alpha value is -0.290. The summed E-state index contributed by atoms with van der Waals surface area (Å²) in [6.07, 6.45) is 0. The van der Waals surface area contributed by atoms with E-state index in [1.807, 2.05) is 0 Å². The summed E-state index contributed by atoms with van der Waals surface area (Å²) >= 11 is 2.36. The van der Waals surface area contributed by atoms with E-state index in [2.05, 4.69) is 52.6 Å². The zero-order valence-electron chi connectivity index (χ0n) is 8.29. The summed E-state index contributed by atoms with van der Waals surface area (Å²) in [4.78, 5) is 2.40. The molecule has 0 bridgehead atoms. The molecule has 0 saturated carbocycles. The molecule has 1 aromatic carbocycles. The largest absolute Gasteiger partial charge is 0.378 e. The van der Waals surface area contributed by atoms with Crippen molar-refractivity contribution in [3.05, 3.63) is 27.3 Å². The van der Waals surface area contributed by atoms with E-state index in [1.165, 1.54) is 14.8 Å². The molecule has 0 aliphatic carbocycles. The maximum Gasteiger partial charge on any atom is 0.0642 e. The minimum atomic E-state index is 0.852. The molecule has 1 saturated heterocycles. The predicted molar refractivity (Wildman–Crippen MR) is 66.9 cm³/mol. The van der Waals surface area contributed by atoms with Gasteiger partial charge in [-0.1, -0.05) is 6.07 Å². The Balaban J connectivity index is 2.24. The van der Waals surface area contributed by atoms with Crippen molar-refractivity contribution in [3.8, 4) is 0 Å². The summed E-state index contributed by atoms with van der Waals surface area (Å²) in [5, 5.41) is 0. The fourth-order valence-corrected chi connectivity index (χ4v) is 2.20. The van der Waals surface area contributed by atoms with Crippen LogP contribution in [0.15, 0.2) is 18.2 Å². The number of anilines is 1. The molecule has 14 heavy (non-hydrogen) atoms. The molecule has 76 valence electrons. The summed E-state index contributed by atoms with van der Waals surface area (Å²) in [6, 6.07) is 6.59. The lowest BCUT2D eigenvalue weighted by atomic mass is 10.2. The van der Waals surface area contributed by atoms with Crippen molar-refractivity contribution in [2.75, 3.05) is 31.2 Å². The summed E-state index contributed by atoms with van der Waals surface area (Å²) in [5.41, 5.74) is 2.72. The SMILES string of the molecule is Cc1ccc(I)cc1N1CCOCC1. The monoisotopic (exact) mass is 303 g/mol. The lowest BCUT2D eigenvalue weighted by Crippen LogP contribution is -2.36. The quantitative estimate of drug-likeness (QED) is 0.739. The lowest BCUT2D eigenvalue weighted by molar-refractivity contribution is 0.122. The maximum absolute atomic E-state index is 5.35. The van der Waals surface area contributed by atoms with Crippen LogP contribution in [0.4, 0.5) is 5.69 Å². The van der Waals surface area contributed by atoms with E-state index in [1.54, 1.807) is 0 Å². The number of nitrogens with zero attached hydrogens (tertiary/aromatic N) is 1. The van der Waals surface area contributed by atoms with E-state index in [0.717, 1.165) is 26.3 Å². The van der Waals surface area contributed by atoms with E-state index in [4.69, 9.17) is 4.74 Å². The summed E-state index contributed by atoms with van der Waals surface area (Å²) in [6.45, 7) is 5.90. The third kappa shape index (κ3) is 2.20. The second-order valence-electron chi connectivity index (χ2n) is 3.53. The van der Waals surface area contributed by atoms with Crippen LogP contribution in [0, 0.1) is 10.5 Å². The van der Waals surface area contributed by atoms with Gasteiger partial charge in [0.2, 0.25) is 0 Å². The van der Waals surface area contributed by atoms with Crippen molar-refractivity contribution < 1.29 is 4.74 Å². The van der Waals surface area contributed by atoms with Crippen LogP contribution in [0.3, 0.4) is 0 Å². The van der Waals surface area contributed by atoms with Gasteiger partial charge in [0.05, 0.1) is 13.2 Å². The van der Waals surface area contributed by atoms with E-state index >= 15 is 0 Å². The number of aryl methyl sites for hydroxylation is 1. The Labute approximate surface area is 98.4 Å². The third-order valence-electron chi connectivity index (χ3n) is 2.52. The van der Waals surface area contributed by atoms with E-state index in [9.17, 15) is 0 Å². The highest BCUT2D eigenvalue weighted by Crippen LogP contribution is 2.23. The van der Waals surface area contributed by atoms with Crippen LogP contribution in [-0.2, 0) is 4.74 Å². The Morgan fingerprint density at radius 1 is 1.29 bits per heavy atom. The fourth-order valence-electron chi connectivity index (χ4n) is 1.73. The number of rotatable bonds is 1. The topological polar surface area (TPSA) is 12.5 Å². The van der Waals surface area contributed by atoms with Gasteiger partial charge in [0.25, 0.3) is 0 Å². The van der Waals surface area contributed by atoms with Crippen molar-refractivity contribution >= 4 is 28.3 Å². The first-order valence-electron chi connectivity index (χ1n) is 4.86. The normalized spacial score (nSPS) is 17.1. The molecule has 0 N–H and O–H groups in total. The molecule has 3 heteroatoms. The molecular formula is C11H14INO. The lowest BCUT2D eigenvalue weighted by Gasteiger charge is -2.30. The van der Waals surface area contributed by atoms with Crippen LogP contribution in [-0.4, -0.2) is 26.3 Å². The molecular weight excluding hydrogens is 289 g/mol. The first kappa shape index (κ1) is 10.2. The van der Waals surface area contributed by atoms with Gasteiger partial charge in [-0.3, -0.25) is 0 Å². The zero-order valence-corrected chi connectivity index (χ0v) is 10.5. The highest BCUT2D eigenvalue weighted by Gasteiger charge is 2.12. The van der Waals surface area contributed by atoms with Gasteiger partial charge in [0, 0.05) is 22.3 Å². The van der Waals surface area contributed by atoms with Crippen LogP contribution >= 0.6 is 22.6 Å². The van der Waals surface area contributed by atoms with E-state index in [-0.39, 0.29) is 0 Å². The smallest absolute Gasteiger partial charge is 0.0642 e. The van der Waals surface area contributed by atoms with Gasteiger partial charge in [-0.15, -0.1) is 0 Å². The van der Waals surface area contributed by atoms with Gasteiger partial charge in [0.1, 0.15) is 0 Å². The van der Waals surface area contributed by atoms with Crippen molar-refractivity contribution in [3.63, 3.8) is 0 Å². The standard InChI is InChI=1S/C11H14INO/c1-9-2-3-10(12)8-11(9)13-4-6-14-7-5-13/h2-3,8H,4-7H2,1H3. The minimum absolute atomic E-state index is 0.852. The number of morpholine rings is 1. The Morgan fingerprint density at radius 3 is 2.71 bits per heavy atom. The van der Waals surface area contributed by atoms with Gasteiger partial charge >= 0.3 is 0 Å². The molecule has 0 amide bonds. The summed E-state index contributed by atoms with van der Waals surface area (Å²) in [5.74, 6) is 0. The van der Waals surface area contributed by atoms with Crippen molar-refractivity contribution in [1.29, 1.82) is 0 Å². The van der Waals surface area contributed by atoms with Crippen LogP contribution < -0.4 is 4.90 Å². The zero-order chi connectivity index (χ0) is 9.97. The van der Waals surface area contributed by atoms with Crippen LogP contribution in [0.2, 0.25) is 0 Å². The Bertz CT molecular complexity index is 321. The van der Waals surface area contributed by atoms with Crippen LogP contribution in [0.5, 0.6) is 0 Å². The molecule has 1 aromatic rings. The van der Waals surface area contributed by atoms with Gasteiger partial charge < -0.3 is 9.64 Å². The Kier molecular flexibility index (Phi) is 3.28. The molecule has 0 unspecified atom stereocenters. The number of benzene rings is 1. The molecule has 1 aliphatic heterocycles. The molecule has 1 aliphatic rings. The van der Waals surface area contributed by atoms with Crippen molar-refractivity contribution in [2.45, 2.75) is 6.92 Å². The first-order chi connectivity index (χ1) is 6.77. The van der Waals surface area contributed by atoms with Gasteiger partial charge in [0.15, 0.2) is 0 Å². The van der Waals surface area contributed by atoms with Gasteiger partial charge in [-0.25, -0.2) is 0 Å². The van der Waals surface area contributed by atoms with E-state index < -0.39 is 0 Å². The summed E-state index contributed by atoms with van der Waals surface area (Å²) < 4.78 is 6.65. The highest BCUT2D eigenvalue weighted by atomic mass is 127. The van der Waals surface area contributed by atoms with Crippen molar-refractivity contribution in [1.82, 2.24) is 0 Å². The highest BCUT2D eigenvalue weighted by molar-refractivity contribution is 14.1. The van der Waals surface area contributed by atoms with Crippen LogP contribution in [0.1, 0.15) is 5.56 Å². The molecule has 2 rings (SSSR count). The molecule has 2 nitrogen and oxygen atoms in total. The van der Waals surface area contributed by atoms with Crippen LogP contribution in [0.25, 0.3) is 0 Å². The number of hydrogen-bond acceptors (Lipinski definition) is 2. The van der Waals surface area contributed by atoms with Crippen molar-refractivity contribution in [2.24, 2.45) is 0 Å².